The van der Waals surface area contributed by atoms with Gasteiger partial charge in [0.15, 0.2) is 0 Å². The predicted octanol–water partition coefficient (Wildman–Crippen LogP) is 2.49. The van der Waals surface area contributed by atoms with E-state index < -0.39 is 0 Å². The highest BCUT2D eigenvalue weighted by molar-refractivity contribution is 6.02. The van der Waals surface area contributed by atoms with E-state index in [1.807, 2.05) is 31.2 Å². The molecule has 0 unspecified atom stereocenters. The molecule has 22 heavy (non-hydrogen) atoms. The Kier molecular flexibility index (Phi) is 5.85. The molecule has 0 fully saturated rings. The van der Waals surface area contributed by atoms with Gasteiger partial charge in [-0.05, 0) is 31.0 Å². The first-order valence-electron chi connectivity index (χ1n) is 7.12. The fraction of sp³-hybridized carbons (Fsp3) is 0.312. The highest BCUT2D eigenvalue weighted by Gasteiger charge is 2.08. The number of benzene rings is 1. The minimum atomic E-state index is -0.274. The summed E-state index contributed by atoms with van der Waals surface area (Å²) < 4.78 is 4.97. The van der Waals surface area contributed by atoms with Crippen LogP contribution in [0.1, 0.15) is 22.5 Å². The molecule has 116 valence electrons. The molecule has 0 radical (unpaired) electrons. The summed E-state index contributed by atoms with van der Waals surface area (Å²) >= 11 is 0. The van der Waals surface area contributed by atoms with Gasteiger partial charge >= 0.3 is 0 Å². The summed E-state index contributed by atoms with van der Waals surface area (Å²) in [5.41, 5.74) is 2.11. The van der Waals surface area contributed by atoms with Gasteiger partial charge in [0, 0.05) is 25.9 Å². The minimum Gasteiger partial charge on any atom is -0.385 e. The highest BCUT2D eigenvalue weighted by atomic mass is 16.5. The van der Waals surface area contributed by atoms with E-state index in [2.05, 4.69) is 20.6 Å². The van der Waals surface area contributed by atoms with Crippen molar-refractivity contribution in [1.29, 1.82) is 0 Å². The van der Waals surface area contributed by atoms with E-state index in [0.29, 0.717) is 12.4 Å². The van der Waals surface area contributed by atoms with Gasteiger partial charge in [-0.25, -0.2) is 9.97 Å². The predicted molar refractivity (Wildman–Crippen MR) is 86.1 cm³/mol. The standard InChI is InChI=1S/C16H20N4O2/c1-12-5-3-6-13(9-12)20-16(21)14-10-19-15(11-18-14)17-7-4-8-22-2/h3,5-6,9-11H,4,7-8H2,1-2H3,(H,17,19)(H,20,21). The van der Waals surface area contributed by atoms with Gasteiger partial charge in [0.1, 0.15) is 11.5 Å². The van der Waals surface area contributed by atoms with Crippen LogP contribution in [-0.2, 0) is 4.74 Å². The first-order chi connectivity index (χ1) is 10.7. The molecular weight excluding hydrogens is 280 g/mol. The van der Waals surface area contributed by atoms with Gasteiger partial charge in [0.05, 0.1) is 12.4 Å². The first-order valence-corrected chi connectivity index (χ1v) is 7.12. The van der Waals surface area contributed by atoms with Gasteiger partial charge in [-0.2, -0.15) is 0 Å². The number of anilines is 2. The Morgan fingerprint density at radius 1 is 1.27 bits per heavy atom. The summed E-state index contributed by atoms with van der Waals surface area (Å²) in [6, 6.07) is 7.60. The van der Waals surface area contributed by atoms with Gasteiger partial charge in [0.25, 0.3) is 5.91 Å². The second-order valence-corrected chi connectivity index (χ2v) is 4.88. The summed E-state index contributed by atoms with van der Waals surface area (Å²) in [4.78, 5) is 20.4. The van der Waals surface area contributed by atoms with Crippen LogP contribution in [0.15, 0.2) is 36.7 Å². The van der Waals surface area contributed by atoms with Crippen molar-refractivity contribution in [3.63, 3.8) is 0 Å². The average Bonchev–Trinajstić information content (AvgIpc) is 2.52. The van der Waals surface area contributed by atoms with Crippen LogP contribution in [0, 0.1) is 6.92 Å². The molecule has 1 aromatic carbocycles. The van der Waals surface area contributed by atoms with E-state index in [1.54, 1.807) is 13.3 Å². The number of aryl methyl sites for hydroxylation is 1. The van der Waals surface area contributed by atoms with Gasteiger partial charge in [-0.1, -0.05) is 12.1 Å². The molecule has 0 atom stereocenters. The van der Waals surface area contributed by atoms with Crippen molar-refractivity contribution in [3.8, 4) is 0 Å². The molecule has 1 aromatic heterocycles. The fourth-order valence-corrected chi connectivity index (χ4v) is 1.89. The summed E-state index contributed by atoms with van der Waals surface area (Å²) in [5.74, 6) is 0.368. The zero-order valence-electron chi connectivity index (χ0n) is 12.8. The molecule has 0 aliphatic heterocycles. The molecule has 2 N–H and O–H groups in total. The molecule has 0 aliphatic rings. The number of rotatable bonds is 7. The van der Waals surface area contributed by atoms with Crippen molar-refractivity contribution in [3.05, 3.63) is 47.9 Å². The normalized spacial score (nSPS) is 10.3. The Hall–Kier alpha value is -2.47. The molecule has 0 aliphatic carbocycles. The van der Waals surface area contributed by atoms with Gasteiger partial charge < -0.3 is 15.4 Å². The van der Waals surface area contributed by atoms with Crippen LogP contribution in [0.2, 0.25) is 0 Å². The average molecular weight is 300 g/mol. The van der Waals surface area contributed by atoms with Crippen LogP contribution in [0.3, 0.4) is 0 Å². The Bertz CT molecular complexity index is 614. The smallest absolute Gasteiger partial charge is 0.275 e. The summed E-state index contributed by atoms with van der Waals surface area (Å²) in [6.45, 7) is 3.41. The van der Waals surface area contributed by atoms with Crippen molar-refractivity contribution in [1.82, 2.24) is 9.97 Å². The fourth-order valence-electron chi connectivity index (χ4n) is 1.89. The summed E-state index contributed by atoms with van der Waals surface area (Å²) in [6.07, 6.45) is 3.90. The number of carbonyl (C=O) groups excluding carboxylic acids is 1. The van der Waals surface area contributed by atoms with Gasteiger partial charge in [-0.15, -0.1) is 0 Å². The molecule has 6 heteroatoms. The third kappa shape index (κ3) is 4.82. The van der Waals surface area contributed by atoms with Gasteiger partial charge in [-0.3, -0.25) is 4.79 Å². The van der Waals surface area contributed by atoms with Crippen LogP contribution in [0.4, 0.5) is 11.5 Å². The van der Waals surface area contributed by atoms with E-state index in [4.69, 9.17) is 4.74 Å². The maximum Gasteiger partial charge on any atom is 0.275 e. The number of nitrogens with zero attached hydrogens (tertiary/aromatic N) is 2. The lowest BCUT2D eigenvalue weighted by atomic mass is 10.2. The van der Waals surface area contributed by atoms with Crippen molar-refractivity contribution < 1.29 is 9.53 Å². The Morgan fingerprint density at radius 2 is 2.14 bits per heavy atom. The second-order valence-electron chi connectivity index (χ2n) is 4.88. The van der Waals surface area contributed by atoms with E-state index in [9.17, 15) is 4.79 Å². The molecule has 6 nitrogen and oxygen atoms in total. The number of amides is 1. The van der Waals surface area contributed by atoms with E-state index in [-0.39, 0.29) is 11.6 Å². The van der Waals surface area contributed by atoms with E-state index >= 15 is 0 Å². The van der Waals surface area contributed by atoms with Crippen molar-refractivity contribution in [2.75, 3.05) is 30.9 Å². The molecule has 1 amide bonds. The first kappa shape index (κ1) is 15.9. The number of methoxy groups -OCH3 is 1. The molecule has 1 heterocycles. The number of hydrogen-bond acceptors (Lipinski definition) is 5. The zero-order chi connectivity index (χ0) is 15.8. The topological polar surface area (TPSA) is 76.1 Å². The van der Waals surface area contributed by atoms with Crippen molar-refractivity contribution in [2.24, 2.45) is 0 Å². The van der Waals surface area contributed by atoms with Crippen LogP contribution < -0.4 is 10.6 Å². The highest BCUT2D eigenvalue weighted by Crippen LogP contribution is 2.11. The van der Waals surface area contributed by atoms with Crippen molar-refractivity contribution >= 4 is 17.4 Å². The molecule has 0 saturated heterocycles. The molecule has 0 bridgehead atoms. The Morgan fingerprint density at radius 3 is 2.82 bits per heavy atom. The number of carbonyl (C=O) groups is 1. The largest absolute Gasteiger partial charge is 0.385 e. The van der Waals surface area contributed by atoms with Crippen LogP contribution in [0.25, 0.3) is 0 Å². The number of ether oxygens (including phenoxy) is 1. The van der Waals surface area contributed by atoms with Crippen LogP contribution >= 0.6 is 0 Å². The molecule has 0 spiro atoms. The summed E-state index contributed by atoms with van der Waals surface area (Å²) in [7, 11) is 1.67. The Balaban J connectivity index is 1.90. The quantitative estimate of drug-likeness (QED) is 0.768. The number of aromatic nitrogens is 2. The van der Waals surface area contributed by atoms with E-state index in [0.717, 1.165) is 24.2 Å². The Labute approximate surface area is 129 Å². The third-order valence-corrected chi connectivity index (χ3v) is 2.99. The molecule has 2 rings (SSSR count). The van der Waals surface area contributed by atoms with Crippen molar-refractivity contribution in [2.45, 2.75) is 13.3 Å². The zero-order valence-corrected chi connectivity index (χ0v) is 12.8. The molecular formula is C16H20N4O2. The van der Waals surface area contributed by atoms with E-state index in [1.165, 1.54) is 6.20 Å². The third-order valence-electron chi connectivity index (χ3n) is 2.99. The lowest BCUT2D eigenvalue weighted by molar-refractivity contribution is 0.102. The van der Waals surface area contributed by atoms with Crippen LogP contribution in [-0.4, -0.2) is 36.1 Å². The maximum absolute atomic E-state index is 12.1. The minimum absolute atomic E-state index is 0.274. The maximum atomic E-state index is 12.1. The second kappa shape index (κ2) is 8.09. The molecule has 0 saturated carbocycles. The number of nitrogens with one attached hydrogen (secondary N) is 2. The van der Waals surface area contributed by atoms with Crippen LogP contribution in [0.5, 0.6) is 0 Å². The lowest BCUT2D eigenvalue weighted by Gasteiger charge is -2.07. The lowest BCUT2D eigenvalue weighted by Crippen LogP contribution is -2.15. The SMILES string of the molecule is COCCCNc1cnc(C(=O)Nc2cccc(C)c2)cn1. The number of hydrogen-bond donors (Lipinski definition) is 2. The van der Waals surface area contributed by atoms with Gasteiger partial charge in [0.2, 0.25) is 0 Å². The monoisotopic (exact) mass is 300 g/mol. The summed E-state index contributed by atoms with van der Waals surface area (Å²) in [5, 5.41) is 5.92. The molecule has 2 aromatic rings.